The maximum Gasteiger partial charge on any atom is 0.338 e. The summed E-state index contributed by atoms with van der Waals surface area (Å²) in [5.41, 5.74) is 2.39. The van der Waals surface area contributed by atoms with Gasteiger partial charge in [0.15, 0.2) is 0 Å². The van der Waals surface area contributed by atoms with Gasteiger partial charge in [-0.1, -0.05) is 43.7 Å². The third-order valence-corrected chi connectivity index (χ3v) is 8.12. The third kappa shape index (κ3) is 4.82. The number of carbonyl (C=O) groups is 4. The Hall–Kier alpha value is -5.32. The molecule has 43 heavy (non-hydrogen) atoms. The smallest absolute Gasteiger partial charge is 0.338 e. The number of fused-ring (bicyclic) bond motifs is 5. The maximum atomic E-state index is 14.0. The molecule has 11 nitrogen and oxygen atoms in total. The number of carbonyl (C=O) groups excluding carboxylic acids is 4. The SMILES string of the molecule is CCCCOC(=O)c1ccc(N2C(=O)[C@@H]3[C@@H](C2=O)[C@@H](C(=O)Nc2ccc([N+](=O)[O-])cc2)N2c4ccccc4C=C[C@H]32)cc1. The lowest BCUT2D eigenvalue weighted by Gasteiger charge is -2.36. The maximum absolute atomic E-state index is 14.0. The molecule has 0 spiro atoms. The lowest BCUT2D eigenvalue weighted by atomic mass is 9.88. The normalized spacial score (nSPS) is 21.7. The number of benzene rings is 3. The van der Waals surface area contributed by atoms with E-state index in [0.717, 1.165) is 29.0 Å². The van der Waals surface area contributed by atoms with Crippen molar-refractivity contribution in [3.05, 3.63) is 100 Å². The van der Waals surface area contributed by atoms with Crippen molar-refractivity contribution in [2.75, 3.05) is 21.7 Å². The summed E-state index contributed by atoms with van der Waals surface area (Å²) < 4.78 is 5.25. The summed E-state index contributed by atoms with van der Waals surface area (Å²) in [6.07, 6.45) is 5.38. The first-order chi connectivity index (χ1) is 20.8. The van der Waals surface area contributed by atoms with Gasteiger partial charge in [-0.15, -0.1) is 0 Å². The summed E-state index contributed by atoms with van der Waals surface area (Å²) in [6.45, 7) is 2.30. The van der Waals surface area contributed by atoms with Gasteiger partial charge in [0.05, 0.1) is 40.7 Å². The fourth-order valence-corrected chi connectivity index (χ4v) is 6.09. The van der Waals surface area contributed by atoms with Crippen molar-refractivity contribution < 1.29 is 28.8 Å². The molecule has 0 unspecified atom stereocenters. The third-order valence-electron chi connectivity index (χ3n) is 8.12. The van der Waals surface area contributed by atoms with Crippen LogP contribution in [0.3, 0.4) is 0 Å². The van der Waals surface area contributed by atoms with E-state index < -0.39 is 52.5 Å². The molecule has 4 atom stereocenters. The lowest BCUT2D eigenvalue weighted by Crippen LogP contribution is -2.50. The molecule has 2 fully saturated rings. The number of esters is 1. The standard InChI is InChI=1S/C32H28N4O7/c1-2-3-18-43-32(40)20-8-13-22(14-9-20)34-30(38)26-25-17-10-19-6-4-5-7-24(19)35(25)28(27(26)31(34)39)29(37)33-21-11-15-23(16-12-21)36(41)42/h4-17,25-28H,2-3,18H2,1H3,(H,33,37)/t25-,26+,27-,28+/m1/s1. The van der Waals surface area contributed by atoms with Crippen molar-refractivity contribution in [1.29, 1.82) is 0 Å². The number of anilines is 3. The highest BCUT2D eigenvalue weighted by Gasteiger charge is 2.64. The molecule has 0 aromatic heterocycles. The average molecular weight is 581 g/mol. The van der Waals surface area contributed by atoms with Gasteiger partial charge in [-0.25, -0.2) is 9.69 Å². The van der Waals surface area contributed by atoms with Crippen LogP contribution in [0, 0.1) is 22.0 Å². The Morgan fingerprint density at radius 1 is 0.953 bits per heavy atom. The zero-order valence-corrected chi connectivity index (χ0v) is 23.2. The van der Waals surface area contributed by atoms with Gasteiger partial charge in [-0.2, -0.15) is 0 Å². The van der Waals surface area contributed by atoms with Crippen LogP contribution in [-0.2, 0) is 19.1 Å². The van der Waals surface area contributed by atoms with Crippen LogP contribution >= 0.6 is 0 Å². The quantitative estimate of drug-likeness (QED) is 0.134. The molecule has 11 heteroatoms. The van der Waals surface area contributed by atoms with Crippen LogP contribution in [0.4, 0.5) is 22.7 Å². The highest BCUT2D eigenvalue weighted by Crippen LogP contribution is 2.49. The zero-order valence-electron chi connectivity index (χ0n) is 23.2. The summed E-state index contributed by atoms with van der Waals surface area (Å²) in [4.78, 5) is 67.7. The summed E-state index contributed by atoms with van der Waals surface area (Å²) >= 11 is 0. The van der Waals surface area contributed by atoms with E-state index in [4.69, 9.17) is 4.74 Å². The molecule has 3 aliphatic heterocycles. The van der Waals surface area contributed by atoms with E-state index in [1.54, 1.807) is 0 Å². The Kier molecular flexibility index (Phi) is 7.22. The van der Waals surface area contributed by atoms with Crippen molar-refractivity contribution in [3.63, 3.8) is 0 Å². The van der Waals surface area contributed by atoms with E-state index in [9.17, 15) is 29.3 Å². The molecular weight excluding hydrogens is 552 g/mol. The Morgan fingerprint density at radius 3 is 2.35 bits per heavy atom. The lowest BCUT2D eigenvalue weighted by molar-refractivity contribution is -0.384. The molecule has 3 heterocycles. The highest BCUT2D eigenvalue weighted by atomic mass is 16.6. The minimum absolute atomic E-state index is 0.124. The summed E-state index contributed by atoms with van der Waals surface area (Å²) in [5.74, 6) is -3.77. The molecular formula is C32H28N4O7. The van der Waals surface area contributed by atoms with Gasteiger partial charge in [0.2, 0.25) is 17.7 Å². The first kappa shape index (κ1) is 27.8. The average Bonchev–Trinajstić information content (AvgIpc) is 3.50. The fourth-order valence-electron chi connectivity index (χ4n) is 6.09. The van der Waals surface area contributed by atoms with Gasteiger partial charge >= 0.3 is 5.97 Å². The molecule has 0 radical (unpaired) electrons. The van der Waals surface area contributed by atoms with Gasteiger partial charge in [-0.3, -0.25) is 24.5 Å². The monoisotopic (exact) mass is 580 g/mol. The Labute approximate surface area is 246 Å². The predicted octanol–water partition coefficient (Wildman–Crippen LogP) is 4.58. The van der Waals surface area contributed by atoms with Crippen LogP contribution < -0.4 is 15.1 Å². The first-order valence-electron chi connectivity index (χ1n) is 14.1. The van der Waals surface area contributed by atoms with Crippen LogP contribution in [0.5, 0.6) is 0 Å². The van der Waals surface area contributed by atoms with Gasteiger partial charge in [0.1, 0.15) is 6.04 Å². The van der Waals surface area contributed by atoms with E-state index in [-0.39, 0.29) is 5.69 Å². The van der Waals surface area contributed by atoms with Crippen molar-refractivity contribution in [3.8, 4) is 0 Å². The van der Waals surface area contributed by atoms with Crippen LogP contribution in [0.15, 0.2) is 78.9 Å². The molecule has 2 saturated heterocycles. The molecule has 1 N–H and O–H groups in total. The second-order valence-corrected chi connectivity index (χ2v) is 10.7. The molecule has 6 rings (SSSR count). The molecule has 0 saturated carbocycles. The van der Waals surface area contributed by atoms with Crippen LogP contribution in [-0.4, -0.2) is 47.3 Å². The Morgan fingerprint density at radius 2 is 1.65 bits per heavy atom. The number of rotatable bonds is 8. The minimum atomic E-state index is -1.04. The number of nitro groups is 1. The highest BCUT2D eigenvalue weighted by molar-refractivity contribution is 6.25. The van der Waals surface area contributed by atoms with Gasteiger partial charge in [0, 0.05) is 23.5 Å². The number of para-hydroxylation sites is 1. The number of nitrogens with one attached hydrogen (secondary N) is 1. The van der Waals surface area contributed by atoms with E-state index >= 15 is 0 Å². The minimum Gasteiger partial charge on any atom is -0.462 e. The number of hydrogen-bond acceptors (Lipinski definition) is 8. The van der Waals surface area contributed by atoms with E-state index in [1.807, 2.05) is 48.2 Å². The van der Waals surface area contributed by atoms with Gasteiger partial charge in [-0.05, 0) is 54.4 Å². The Bertz CT molecular complexity index is 1650. The summed E-state index contributed by atoms with van der Waals surface area (Å²) in [5, 5.41) is 13.9. The predicted molar refractivity (Wildman–Crippen MR) is 158 cm³/mol. The number of imide groups is 1. The van der Waals surface area contributed by atoms with Crippen molar-refractivity contribution in [1.82, 2.24) is 0 Å². The molecule has 0 aliphatic carbocycles. The van der Waals surface area contributed by atoms with E-state index in [1.165, 1.54) is 48.5 Å². The number of ether oxygens (including phenoxy) is 1. The molecule has 3 aromatic rings. The van der Waals surface area contributed by atoms with Crippen molar-refractivity contribution in [2.24, 2.45) is 11.8 Å². The van der Waals surface area contributed by atoms with Crippen LogP contribution in [0.1, 0.15) is 35.7 Å². The first-order valence-corrected chi connectivity index (χ1v) is 14.1. The molecule has 218 valence electrons. The van der Waals surface area contributed by atoms with E-state index in [2.05, 4.69) is 5.32 Å². The topological polar surface area (TPSA) is 139 Å². The number of unbranched alkanes of at least 4 members (excludes halogenated alkanes) is 1. The molecule has 3 aliphatic rings. The van der Waals surface area contributed by atoms with E-state index in [0.29, 0.717) is 23.5 Å². The van der Waals surface area contributed by atoms with Crippen LogP contribution in [0.25, 0.3) is 6.08 Å². The van der Waals surface area contributed by atoms with Crippen molar-refractivity contribution >= 4 is 52.5 Å². The largest absolute Gasteiger partial charge is 0.462 e. The number of nitro benzene ring substituents is 1. The Balaban J connectivity index is 1.32. The van der Waals surface area contributed by atoms with Gasteiger partial charge in [0.25, 0.3) is 5.69 Å². The number of amides is 3. The molecule has 3 amide bonds. The zero-order chi connectivity index (χ0) is 30.2. The fraction of sp³-hybridized carbons (Fsp3) is 0.250. The second kappa shape index (κ2) is 11.2. The second-order valence-electron chi connectivity index (χ2n) is 10.7. The van der Waals surface area contributed by atoms with Crippen molar-refractivity contribution in [2.45, 2.75) is 31.8 Å². The molecule has 0 bridgehead atoms. The van der Waals surface area contributed by atoms with Crippen LogP contribution in [0.2, 0.25) is 0 Å². The van der Waals surface area contributed by atoms with Gasteiger partial charge < -0.3 is 15.0 Å². The summed E-state index contributed by atoms with van der Waals surface area (Å²) in [6, 6.07) is 17.4. The number of non-ortho nitro benzene ring substituents is 1. The number of hydrogen-bond donors (Lipinski definition) is 1. The molecule has 3 aromatic carbocycles. The number of nitrogens with zero attached hydrogens (tertiary/aromatic N) is 3. The summed E-state index contributed by atoms with van der Waals surface area (Å²) in [7, 11) is 0.